The molecular formula is C35H50N6O10S2. The number of thioether (sulfide) groups is 2. The number of nitro benzene ring substituents is 1. The minimum Gasteiger partial charge on any atom is -0.477 e. The lowest BCUT2D eigenvalue weighted by Gasteiger charge is -2.46. The molecule has 16 nitrogen and oxygen atoms in total. The van der Waals surface area contributed by atoms with Gasteiger partial charge in [0.2, 0.25) is 11.8 Å². The average Bonchev–Trinajstić information content (AvgIpc) is 3.63. The number of hydrogen-bond acceptors (Lipinski definition) is 13. The summed E-state index contributed by atoms with van der Waals surface area (Å²) in [5.74, 6) is -1.47. The highest BCUT2D eigenvalue weighted by molar-refractivity contribution is 8.03. The predicted octanol–water partition coefficient (Wildman–Crippen LogP) is 2.36. The molecule has 0 unspecified atom stereocenters. The quantitative estimate of drug-likeness (QED) is 0.102. The summed E-state index contributed by atoms with van der Waals surface area (Å²) in [6.45, 7) is 8.58. The van der Waals surface area contributed by atoms with E-state index in [1.165, 1.54) is 40.7 Å². The molecule has 0 aromatic heterocycles. The van der Waals surface area contributed by atoms with Crippen LogP contribution in [0.1, 0.15) is 32.3 Å². The number of imide groups is 1. The second-order valence-electron chi connectivity index (χ2n) is 14.0. The van der Waals surface area contributed by atoms with Gasteiger partial charge >= 0.3 is 12.0 Å². The van der Waals surface area contributed by atoms with Crippen LogP contribution in [-0.4, -0.2) is 165 Å². The molecule has 0 radical (unpaired) electrons. The smallest absolute Gasteiger partial charge is 0.353 e. The van der Waals surface area contributed by atoms with Crippen molar-refractivity contribution in [3.63, 3.8) is 0 Å². The Morgan fingerprint density at radius 1 is 1.15 bits per heavy atom. The summed E-state index contributed by atoms with van der Waals surface area (Å²) < 4.78 is 11.2. The highest BCUT2D eigenvalue weighted by Crippen LogP contribution is 2.52. The molecule has 3 fully saturated rings. The maximum absolute atomic E-state index is 13.0. The lowest BCUT2D eigenvalue weighted by Crippen LogP contribution is -2.63. The molecule has 3 saturated heterocycles. The molecule has 5 rings (SSSR count). The van der Waals surface area contributed by atoms with Crippen LogP contribution < -0.4 is 0 Å². The van der Waals surface area contributed by atoms with E-state index in [9.17, 15) is 39.5 Å². The maximum Gasteiger partial charge on any atom is 0.353 e. The first-order valence-electron chi connectivity index (χ1n) is 17.9. The number of ether oxygens (including phenoxy) is 2. The Balaban J connectivity index is 1.17. The van der Waals surface area contributed by atoms with Crippen LogP contribution in [-0.2, 0) is 30.5 Å². The highest BCUT2D eigenvalue weighted by Gasteiger charge is 2.60. The number of β-lactam (4-membered cyclic amide) rings is 1. The number of hydrogen-bond donors (Lipinski definition) is 2. The first-order chi connectivity index (χ1) is 25.3. The number of methoxy groups -OCH3 is 1. The number of rotatable bonds is 17. The topological polar surface area (TPSA) is 187 Å². The lowest BCUT2D eigenvalue weighted by atomic mass is 9.79. The molecule has 0 aliphatic carbocycles. The first kappa shape index (κ1) is 40.9. The number of aliphatic carboxylic acids is 1. The Hall–Kier alpha value is -3.26. The molecule has 4 amide bonds. The zero-order chi connectivity index (χ0) is 38.4. The number of urea groups is 1. The van der Waals surface area contributed by atoms with Gasteiger partial charge in [-0.2, -0.15) is 11.8 Å². The highest BCUT2D eigenvalue weighted by atomic mass is 32.2. The third-order valence-corrected chi connectivity index (χ3v) is 13.1. The number of carbonyl (C=O) groups excluding carboxylic acids is 3. The Bertz CT molecular complexity index is 1540. The van der Waals surface area contributed by atoms with Gasteiger partial charge in [0.05, 0.1) is 42.9 Å². The number of carboxylic acid groups (broad SMARTS) is 1. The number of non-ortho nitro benzene ring substituents is 1. The van der Waals surface area contributed by atoms with E-state index in [1.807, 2.05) is 6.92 Å². The van der Waals surface area contributed by atoms with Gasteiger partial charge in [0.15, 0.2) is 0 Å². The van der Waals surface area contributed by atoms with Crippen molar-refractivity contribution in [2.24, 2.45) is 11.8 Å². The fourth-order valence-electron chi connectivity index (χ4n) is 7.46. The summed E-state index contributed by atoms with van der Waals surface area (Å²) in [5.41, 5.74) is 0.784. The van der Waals surface area contributed by atoms with Gasteiger partial charge in [-0.1, -0.05) is 6.92 Å². The Morgan fingerprint density at radius 3 is 2.47 bits per heavy atom. The van der Waals surface area contributed by atoms with Crippen molar-refractivity contribution in [2.75, 3.05) is 78.3 Å². The van der Waals surface area contributed by atoms with Crippen molar-refractivity contribution in [3.05, 3.63) is 50.5 Å². The van der Waals surface area contributed by atoms with Crippen LogP contribution in [0.25, 0.3) is 0 Å². The van der Waals surface area contributed by atoms with Crippen molar-refractivity contribution < 1.29 is 43.8 Å². The van der Waals surface area contributed by atoms with Crippen molar-refractivity contribution in [1.29, 1.82) is 0 Å². The third-order valence-electron chi connectivity index (χ3n) is 10.5. The molecule has 53 heavy (non-hydrogen) atoms. The van der Waals surface area contributed by atoms with E-state index in [0.29, 0.717) is 49.1 Å². The van der Waals surface area contributed by atoms with Crippen molar-refractivity contribution in [2.45, 2.75) is 56.7 Å². The summed E-state index contributed by atoms with van der Waals surface area (Å²) in [7, 11) is 3.19. The van der Waals surface area contributed by atoms with E-state index < -0.39 is 29.0 Å². The molecular weight excluding hydrogens is 729 g/mol. The molecule has 18 heteroatoms. The largest absolute Gasteiger partial charge is 0.477 e. The van der Waals surface area contributed by atoms with Gasteiger partial charge < -0.3 is 29.5 Å². The van der Waals surface area contributed by atoms with Gasteiger partial charge in [0, 0.05) is 106 Å². The first-order valence-corrected chi connectivity index (χ1v) is 19.9. The number of aliphatic hydroxyl groups excluding tert-OH is 1. The second kappa shape index (κ2) is 18.4. The predicted molar refractivity (Wildman–Crippen MR) is 199 cm³/mol. The van der Waals surface area contributed by atoms with E-state index in [2.05, 4.69) is 9.80 Å². The van der Waals surface area contributed by atoms with Crippen LogP contribution in [0.15, 0.2) is 34.9 Å². The van der Waals surface area contributed by atoms with Crippen molar-refractivity contribution in [1.82, 2.24) is 24.5 Å². The number of fused-ring (bicyclic) bond motifs is 1. The number of aliphatic hydroxyl groups is 1. The summed E-state index contributed by atoms with van der Waals surface area (Å²) in [6.07, 6.45) is 0.0290. The molecule has 0 saturated carbocycles. The standard InChI is InChI=1S/C35H50N6O10S2/c1-22-30-29(23(2)42)33(44)40(30)31(34(45)46)32(22)53-27-17-26(39(18-27)21-51-19-24-5-7-25(8-6-24)41(48)49)20-52-16-9-28(43)36(3)35(47)38-12-10-37(11-13-38)14-15-50-4/h5-8,22-23,26-27,29-30,42H,9-21H2,1-4H3,(H,45,46)/t22-,23-,26+,27+,29-,30-/m1/s1. The van der Waals surface area contributed by atoms with Gasteiger partial charge in [0.25, 0.3) is 5.69 Å². The summed E-state index contributed by atoms with van der Waals surface area (Å²) in [5, 5.41) is 31.4. The molecule has 0 bridgehead atoms. The zero-order valence-electron chi connectivity index (χ0n) is 30.6. The number of piperazine rings is 1. The van der Waals surface area contributed by atoms with E-state index in [4.69, 9.17) is 9.47 Å². The van der Waals surface area contributed by atoms with Crippen LogP contribution >= 0.6 is 23.5 Å². The average molecular weight is 779 g/mol. The van der Waals surface area contributed by atoms with Crippen molar-refractivity contribution in [3.8, 4) is 0 Å². The molecule has 4 heterocycles. The van der Waals surface area contributed by atoms with Gasteiger partial charge in [-0.15, -0.1) is 11.8 Å². The number of carboxylic acids is 1. The molecule has 6 atom stereocenters. The lowest BCUT2D eigenvalue weighted by molar-refractivity contribution is -0.384. The van der Waals surface area contributed by atoms with Crippen LogP contribution in [0.3, 0.4) is 0 Å². The SMILES string of the molecule is COCCN1CCN(C(=O)N(C)C(=O)CCSC[C@@H]2C[C@H](SC3=C(C(=O)O)N4C(=O)[C@H]([C@@H](C)O)[C@H]4[C@H]3C)CN2COCc2ccc([N+](=O)[O-])cc2)CC1. The second-order valence-corrected chi connectivity index (χ2v) is 16.4. The Morgan fingerprint density at radius 2 is 1.85 bits per heavy atom. The fraction of sp³-hybridized carbons (Fsp3) is 0.657. The third kappa shape index (κ3) is 9.52. The molecule has 1 aromatic rings. The molecule has 4 aliphatic heterocycles. The number of likely N-dealkylation sites (tertiary alicyclic amines) is 1. The number of benzene rings is 1. The van der Waals surface area contributed by atoms with E-state index in [1.54, 1.807) is 42.8 Å². The number of amides is 4. The monoisotopic (exact) mass is 778 g/mol. The molecule has 292 valence electrons. The number of carbonyl (C=O) groups is 4. The zero-order valence-corrected chi connectivity index (χ0v) is 32.3. The van der Waals surface area contributed by atoms with Crippen molar-refractivity contribution >= 4 is 53.0 Å². The fourth-order valence-corrected chi connectivity index (χ4v) is 10.2. The maximum atomic E-state index is 13.0. The summed E-state index contributed by atoms with van der Waals surface area (Å²) in [6, 6.07) is 5.53. The van der Waals surface area contributed by atoms with Crippen LogP contribution in [0.5, 0.6) is 0 Å². The number of nitro groups is 1. The Kier molecular flexibility index (Phi) is 14.2. The molecule has 1 aromatic carbocycles. The van der Waals surface area contributed by atoms with Gasteiger partial charge in [-0.25, -0.2) is 9.59 Å². The normalized spacial score (nSPS) is 25.4. The van der Waals surface area contributed by atoms with Gasteiger partial charge in [-0.3, -0.25) is 34.4 Å². The van der Waals surface area contributed by atoms with Gasteiger partial charge in [0.1, 0.15) is 5.70 Å². The molecule has 2 N–H and O–H groups in total. The molecule has 0 spiro atoms. The summed E-state index contributed by atoms with van der Waals surface area (Å²) >= 11 is 3.08. The minimum atomic E-state index is -1.16. The van der Waals surface area contributed by atoms with Crippen LogP contribution in [0.2, 0.25) is 0 Å². The molecule has 4 aliphatic rings. The summed E-state index contributed by atoms with van der Waals surface area (Å²) in [4.78, 5) is 71.2. The van der Waals surface area contributed by atoms with Gasteiger partial charge in [-0.05, 0) is 31.0 Å². The van der Waals surface area contributed by atoms with E-state index >= 15 is 0 Å². The Labute approximate surface area is 317 Å². The minimum absolute atomic E-state index is 0.00153. The van der Waals surface area contributed by atoms with Crippen LogP contribution in [0, 0.1) is 22.0 Å². The van der Waals surface area contributed by atoms with E-state index in [0.717, 1.165) is 25.2 Å². The van der Waals surface area contributed by atoms with Crippen LogP contribution in [0.4, 0.5) is 10.5 Å². The number of nitrogens with zero attached hydrogens (tertiary/aromatic N) is 6. The van der Waals surface area contributed by atoms with E-state index in [-0.39, 0.29) is 66.2 Å².